The number of hydrogen-bond donors (Lipinski definition) is 1. The van der Waals surface area contributed by atoms with Crippen LogP contribution in [-0.4, -0.2) is 45.9 Å². The van der Waals surface area contributed by atoms with Crippen LogP contribution < -0.4 is 0 Å². The van der Waals surface area contributed by atoms with Gasteiger partial charge < -0.3 is 14.7 Å². The molecule has 1 amide bonds. The number of aromatic nitrogens is 1. The highest BCUT2D eigenvalue weighted by Crippen LogP contribution is 2.28. The van der Waals surface area contributed by atoms with E-state index in [1.54, 1.807) is 10.4 Å². The highest BCUT2D eigenvalue weighted by Gasteiger charge is 2.37. The van der Waals surface area contributed by atoms with E-state index in [0.29, 0.717) is 13.1 Å². The Morgan fingerprint density at radius 3 is 2.83 bits per heavy atom. The number of ether oxygens (including phenoxy) is 1. The van der Waals surface area contributed by atoms with Crippen LogP contribution in [0.3, 0.4) is 0 Å². The smallest absolute Gasteiger partial charge is 0.410 e. The van der Waals surface area contributed by atoms with E-state index in [-0.39, 0.29) is 12.0 Å². The Hall–Kier alpha value is -1.14. The molecule has 6 heteroatoms. The van der Waals surface area contributed by atoms with Crippen molar-refractivity contribution >= 4 is 17.4 Å². The number of aliphatic hydroxyl groups is 1. The summed E-state index contributed by atoms with van der Waals surface area (Å²) in [6, 6.07) is 0. The van der Waals surface area contributed by atoms with Crippen molar-refractivity contribution in [2.45, 2.75) is 38.4 Å². The first-order valence-corrected chi connectivity index (χ1v) is 6.85. The van der Waals surface area contributed by atoms with Crippen LogP contribution >= 0.6 is 11.3 Å². The van der Waals surface area contributed by atoms with Crippen LogP contribution in [0.4, 0.5) is 4.79 Å². The lowest BCUT2D eigenvalue weighted by molar-refractivity contribution is 0.0270. The van der Waals surface area contributed by atoms with Gasteiger partial charge in [0.2, 0.25) is 0 Å². The molecule has 0 bridgehead atoms. The fourth-order valence-electron chi connectivity index (χ4n) is 1.96. The highest BCUT2D eigenvalue weighted by molar-refractivity contribution is 7.07. The second kappa shape index (κ2) is 4.85. The number of hydrogen-bond acceptors (Lipinski definition) is 5. The third kappa shape index (κ3) is 3.00. The summed E-state index contributed by atoms with van der Waals surface area (Å²) in [5, 5.41) is 11.9. The maximum absolute atomic E-state index is 11.9. The molecule has 1 saturated heterocycles. The predicted octanol–water partition coefficient (Wildman–Crippen LogP) is 1.84. The minimum atomic E-state index is -0.570. The predicted molar refractivity (Wildman–Crippen MR) is 68.7 cm³/mol. The quantitative estimate of drug-likeness (QED) is 0.845. The molecule has 1 aliphatic rings. The summed E-state index contributed by atoms with van der Waals surface area (Å²) in [5.41, 5.74) is 2.07. The number of β-amino-alcohol motifs (C(OH)–C–C–N with tert-alkyl or cyclic N) is 1. The standard InChI is InChI=1S/C12H18N2O3S/c1-12(2,3)17-11(16)14-4-8(10(15)5-14)9-6-18-7-13-9/h6-8,10,15H,4-5H2,1-3H3/t8-,10+/m1/s1. The van der Waals surface area contributed by atoms with E-state index in [4.69, 9.17) is 4.74 Å². The van der Waals surface area contributed by atoms with Gasteiger partial charge in [0.1, 0.15) is 5.60 Å². The molecular weight excluding hydrogens is 252 g/mol. The van der Waals surface area contributed by atoms with Gasteiger partial charge in [-0.3, -0.25) is 0 Å². The number of thiazole rings is 1. The van der Waals surface area contributed by atoms with Gasteiger partial charge in [0.25, 0.3) is 0 Å². The van der Waals surface area contributed by atoms with Crippen LogP contribution in [0.1, 0.15) is 32.4 Å². The van der Waals surface area contributed by atoms with Crippen LogP contribution in [0.2, 0.25) is 0 Å². The summed E-state index contributed by atoms with van der Waals surface area (Å²) >= 11 is 1.49. The molecule has 2 atom stereocenters. The van der Waals surface area contributed by atoms with Crippen molar-refractivity contribution in [1.29, 1.82) is 0 Å². The number of aliphatic hydroxyl groups excluding tert-OH is 1. The molecule has 2 heterocycles. The zero-order valence-electron chi connectivity index (χ0n) is 10.8. The minimum Gasteiger partial charge on any atom is -0.444 e. The van der Waals surface area contributed by atoms with Crippen molar-refractivity contribution in [3.8, 4) is 0 Å². The average Bonchev–Trinajstić information content (AvgIpc) is 2.82. The molecule has 0 spiro atoms. The van der Waals surface area contributed by atoms with Crippen molar-refractivity contribution in [1.82, 2.24) is 9.88 Å². The van der Waals surface area contributed by atoms with E-state index in [0.717, 1.165) is 5.69 Å². The van der Waals surface area contributed by atoms with Gasteiger partial charge in [-0.1, -0.05) is 0 Å². The molecule has 1 fully saturated rings. The molecule has 0 radical (unpaired) electrons. The Labute approximate surface area is 110 Å². The fraction of sp³-hybridized carbons (Fsp3) is 0.667. The van der Waals surface area contributed by atoms with Gasteiger partial charge in [-0.25, -0.2) is 9.78 Å². The summed E-state index contributed by atoms with van der Waals surface area (Å²) in [6.45, 7) is 6.25. The Bertz CT molecular complexity index is 413. The van der Waals surface area contributed by atoms with Gasteiger partial charge in [-0.15, -0.1) is 11.3 Å². The van der Waals surface area contributed by atoms with E-state index in [9.17, 15) is 9.90 Å². The molecule has 0 aliphatic carbocycles. The molecule has 1 aromatic rings. The highest BCUT2D eigenvalue weighted by atomic mass is 32.1. The number of likely N-dealkylation sites (tertiary alicyclic amines) is 1. The van der Waals surface area contributed by atoms with E-state index < -0.39 is 11.7 Å². The maximum Gasteiger partial charge on any atom is 0.410 e. The van der Waals surface area contributed by atoms with E-state index in [1.165, 1.54) is 11.3 Å². The zero-order valence-corrected chi connectivity index (χ0v) is 11.6. The first kappa shape index (κ1) is 13.3. The summed E-state index contributed by atoms with van der Waals surface area (Å²) in [4.78, 5) is 17.6. The Kier molecular flexibility index (Phi) is 3.59. The van der Waals surface area contributed by atoms with Gasteiger partial charge >= 0.3 is 6.09 Å². The van der Waals surface area contributed by atoms with Crippen molar-refractivity contribution in [3.05, 3.63) is 16.6 Å². The summed E-state index contributed by atoms with van der Waals surface area (Å²) in [6.07, 6.45) is -0.945. The molecule has 1 aromatic heterocycles. The van der Waals surface area contributed by atoms with Crippen LogP contribution in [0.15, 0.2) is 10.9 Å². The third-order valence-corrected chi connectivity index (χ3v) is 3.38. The van der Waals surface area contributed by atoms with Crippen LogP contribution in [0.5, 0.6) is 0 Å². The van der Waals surface area contributed by atoms with Gasteiger partial charge in [0.15, 0.2) is 0 Å². The third-order valence-electron chi connectivity index (χ3n) is 2.77. The van der Waals surface area contributed by atoms with E-state index in [1.807, 2.05) is 26.2 Å². The molecule has 0 saturated carbocycles. The molecular formula is C12H18N2O3S. The number of carbonyl (C=O) groups excluding carboxylic acids is 1. The van der Waals surface area contributed by atoms with Gasteiger partial charge in [0.05, 0.1) is 23.9 Å². The topological polar surface area (TPSA) is 62.7 Å². The summed E-state index contributed by atoms with van der Waals surface area (Å²) < 4.78 is 5.29. The first-order chi connectivity index (χ1) is 8.37. The van der Waals surface area contributed by atoms with Gasteiger partial charge in [-0.05, 0) is 20.8 Å². The second-order valence-electron chi connectivity index (χ2n) is 5.47. The lowest BCUT2D eigenvalue weighted by Crippen LogP contribution is -2.35. The van der Waals surface area contributed by atoms with Crippen LogP contribution in [0.25, 0.3) is 0 Å². The molecule has 0 unspecified atom stereocenters. The fourth-order valence-corrected chi connectivity index (χ4v) is 2.58. The molecule has 18 heavy (non-hydrogen) atoms. The van der Waals surface area contributed by atoms with Gasteiger partial charge in [-0.2, -0.15) is 0 Å². The Morgan fingerprint density at radius 1 is 1.56 bits per heavy atom. The normalized spacial score (nSPS) is 24.3. The van der Waals surface area contributed by atoms with Crippen molar-refractivity contribution in [2.24, 2.45) is 0 Å². The van der Waals surface area contributed by atoms with Crippen LogP contribution in [0, 0.1) is 0 Å². The molecule has 100 valence electrons. The number of carbonyl (C=O) groups is 1. The maximum atomic E-state index is 11.9. The van der Waals surface area contributed by atoms with Crippen molar-refractivity contribution < 1.29 is 14.6 Å². The number of nitrogens with zero attached hydrogens (tertiary/aromatic N) is 2. The lowest BCUT2D eigenvalue weighted by Gasteiger charge is -2.24. The average molecular weight is 270 g/mol. The minimum absolute atomic E-state index is 0.108. The Morgan fingerprint density at radius 2 is 2.28 bits per heavy atom. The number of rotatable bonds is 1. The molecule has 0 aromatic carbocycles. The van der Waals surface area contributed by atoms with Crippen molar-refractivity contribution in [2.75, 3.05) is 13.1 Å². The monoisotopic (exact) mass is 270 g/mol. The lowest BCUT2D eigenvalue weighted by atomic mass is 10.0. The van der Waals surface area contributed by atoms with Crippen molar-refractivity contribution in [3.63, 3.8) is 0 Å². The Balaban J connectivity index is 2.00. The summed E-state index contributed by atoms with van der Waals surface area (Å²) in [7, 11) is 0. The van der Waals surface area contributed by atoms with Gasteiger partial charge in [0, 0.05) is 17.8 Å². The molecule has 2 rings (SSSR count). The zero-order chi connectivity index (χ0) is 13.3. The van der Waals surface area contributed by atoms with E-state index >= 15 is 0 Å². The molecule has 5 nitrogen and oxygen atoms in total. The molecule has 1 aliphatic heterocycles. The SMILES string of the molecule is CC(C)(C)OC(=O)N1C[C@H](c2cscn2)[C@@H](O)C1. The number of amides is 1. The largest absolute Gasteiger partial charge is 0.444 e. The molecule has 1 N–H and O–H groups in total. The van der Waals surface area contributed by atoms with E-state index in [2.05, 4.69) is 4.98 Å². The van der Waals surface area contributed by atoms with Crippen LogP contribution in [-0.2, 0) is 4.74 Å². The first-order valence-electron chi connectivity index (χ1n) is 5.91. The summed E-state index contributed by atoms with van der Waals surface area (Å²) in [5.74, 6) is -0.108. The second-order valence-corrected chi connectivity index (χ2v) is 6.19.